The van der Waals surface area contributed by atoms with E-state index in [1.165, 1.54) is 12.1 Å². The summed E-state index contributed by atoms with van der Waals surface area (Å²) in [4.78, 5) is 0. The Balaban J connectivity index is 2.02. The molecule has 1 unspecified atom stereocenters. The van der Waals surface area contributed by atoms with Crippen LogP contribution in [0.25, 0.3) is 0 Å². The van der Waals surface area contributed by atoms with Crippen LogP contribution in [0.2, 0.25) is 10.0 Å². The summed E-state index contributed by atoms with van der Waals surface area (Å²) in [6.45, 7) is 2.63. The number of halogens is 3. The molecule has 0 heterocycles. The van der Waals surface area contributed by atoms with Crippen LogP contribution in [0.5, 0.6) is 0 Å². The van der Waals surface area contributed by atoms with Gasteiger partial charge in [-0.15, -0.1) is 0 Å². The minimum Gasteiger partial charge on any atom is -0.306 e. The molecule has 0 aliphatic carbocycles. The van der Waals surface area contributed by atoms with Gasteiger partial charge in [0.2, 0.25) is 0 Å². The molecule has 0 radical (unpaired) electrons. The normalized spacial score (nSPS) is 12.4. The third kappa shape index (κ3) is 3.93. The first-order valence-corrected chi connectivity index (χ1v) is 6.74. The third-order valence-corrected chi connectivity index (χ3v) is 3.58. The van der Waals surface area contributed by atoms with Crippen LogP contribution >= 0.6 is 23.2 Å². The molecule has 2 aromatic carbocycles. The van der Waals surface area contributed by atoms with Crippen LogP contribution in [-0.2, 0) is 6.54 Å². The van der Waals surface area contributed by atoms with Gasteiger partial charge in [-0.05, 0) is 48.4 Å². The van der Waals surface area contributed by atoms with Crippen molar-refractivity contribution >= 4 is 23.2 Å². The summed E-state index contributed by atoms with van der Waals surface area (Å²) >= 11 is 12.0. The monoisotopic (exact) mass is 297 g/mol. The van der Waals surface area contributed by atoms with Gasteiger partial charge in [0.1, 0.15) is 5.82 Å². The number of rotatable bonds is 4. The van der Waals surface area contributed by atoms with Crippen LogP contribution < -0.4 is 5.32 Å². The van der Waals surface area contributed by atoms with Crippen molar-refractivity contribution in [3.8, 4) is 0 Å². The molecule has 0 aliphatic rings. The van der Waals surface area contributed by atoms with Gasteiger partial charge in [0.25, 0.3) is 0 Å². The largest absolute Gasteiger partial charge is 0.306 e. The van der Waals surface area contributed by atoms with Crippen molar-refractivity contribution in [1.29, 1.82) is 0 Å². The van der Waals surface area contributed by atoms with E-state index in [1.54, 1.807) is 24.3 Å². The third-order valence-electron chi connectivity index (χ3n) is 2.98. The molecule has 100 valence electrons. The molecule has 0 aromatic heterocycles. The van der Waals surface area contributed by atoms with Crippen LogP contribution in [0.15, 0.2) is 42.5 Å². The standard InChI is InChI=1S/C15H14Cl2FN/c1-10(11-2-5-14(18)6-3-11)19-9-12-8-13(16)4-7-15(12)17/h2-8,10,19H,9H2,1H3. The van der Waals surface area contributed by atoms with E-state index in [0.29, 0.717) is 16.6 Å². The lowest BCUT2D eigenvalue weighted by Crippen LogP contribution is -2.18. The predicted octanol–water partition coefficient (Wildman–Crippen LogP) is 4.98. The van der Waals surface area contributed by atoms with Gasteiger partial charge in [-0.25, -0.2) is 4.39 Å². The van der Waals surface area contributed by atoms with Crippen LogP contribution in [0, 0.1) is 5.82 Å². The van der Waals surface area contributed by atoms with Crippen molar-refractivity contribution in [3.05, 3.63) is 69.5 Å². The summed E-state index contributed by atoms with van der Waals surface area (Å²) in [5, 5.41) is 4.68. The van der Waals surface area contributed by atoms with Gasteiger partial charge in [0.05, 0.1) is 0 Å². The van der Waals surface area contributed by atoms with Gasteiger partial charge < -0.3 is 5.32 Å². The maximum Gasteiger partial charge on any atom is 0.123 e. The van der Waals surface area contributed by atoms with Crippen LogP contribution in [-0.4, -0.2) is 0 Å². The Morgan fingerprint density at radius 1 is 1.11 bits per heavy atom. The Morgan fingerprint density at radius 2 is 1.79 bits per heavy atom. The summed E-state index contributed by atoms with van der Waals surface area (Å²) in [7, 11) is 0. The minimum atomic E-state index is -0.228. The van der Waals surface area contributed by atoms with E-state index in [-0.39, 0.29) is 11.9 Å². The van der Waals surface area contributed by atoms with Crippen LogP contribution in [0.1, 0.15) is 24.1 Å². The zero-order chi connectivity index (χ0) is 13.8. The van der Waals surface area contributed by atoms with Gasteiger partial charge >= 0.3 is 0 Å². The topological polar surface area (TPSA) is 12.0 Å². The molecular formula is C15H14Cl2FN. The lowest BCUT2D eigenvalue weighted by Gasteiger charge is -2.15. The quantitative estimate of drug-likeness (QED) is 0.839. The molecule has 2 rings (SSSR count). The fraction of sp³-hybridized carbons (Fsp3) is 0.200. The molecule has 0 fully saturated rings. The lowest BCUT2D eigenvalue weighted by atomic mass is 10.1. The van der Waals surface area contributed by atoms with Crippen molar-refractivity contribution < 1.29 is 4.39 Å². The Hall–Kier alpha value is -1.09. The Morgan fingerprint density at radius 3 is 2.47 bits per heavy atom. The van der Waals surface area contributed by atoms with E-state index in [9.17, 15) is 4.39 Å². The van der Waals surface area contributed by atoms with E-state index in [4.69, 9.17) is 23.2 Å². The van der Waals surface area contributed by atoms with Crippen molar-refractivity contribution in [2.75, 3.05) is 0 Å². The smallest absolute Gasteiger partial charge is 0.123 e. The van der Waals surface area contributed by atoms with Crippen molar-refractivity contribution in [3.63, 3.8) is 0 Å². The molecule has 4 heteroatoms. The maximum absolute atomic E-state index is 12.8. The molecular weight excluding hydrogens is 284 g/mol. The molecule has 0 amide bonds. The second-order valence-electron chi connectivity index (χ2n) is 4.39. The molecule has 1 atom stereocenters. The molecule has 19 heavy (non-hydrogen) atoms. The SMILES string of the molecule is CC(NCc1cc(Cl)ccc1Cl)c1ccc(F)cc1. The number of hydrogen-bond acceptors (Lipinski definition) is 1. The van der Waals surface area contributed by atoms with E-state index >= 15 is 0 Å². The minimum absolute atomic E-state index is 0.107. The van der Waals surface area contributed by atoms with Gasteiger partial charge in [-0.3, -0.25) is 0 Å². The molecule has 0 saturated heterocycles. The Labute approximate surface area is 122 Å². The predicted molar refractivity (Wildman–Crippen MR) is 78.1 cm³/mol. The van der Waals surface area contributed by atoms with Crippen LogP contribution in [0.4, 0.5) is 4.39 Å². The first kappa shape index (κ1) is 14.3. The zero-order valence-corrected chi connectivity index (χ0v) is 12.0. The maximum atomic E-state index is 12.8. The van der Waals surface area contributed by atoms with Gasteiger partial charge in [-0.1, -0.05) is 35.3 Å². The summed E-state index contributed by atoms with van der Waals surface area (Å²) in [6.07, 6.45) is 0. The highest BCUT2D eigenvalue weighted by molar-refractivity contribution is 6.33. The van der Waals surface area contributed by atoms with E-state index < -0.39 is 0 Å². The second-order valence-corrected chi connectivity index (χ2v) is 5.23. The van der Waals surface area contributed by atoms with Crippen molar-refractivity contribution in [2.24, 2.45) is 0 Å². The highest BCUT2D eigenvalue weighted by atomic mass is 35.5. The summed E-state index contributed by atoms with van der Waals surface area (Å²) in [5.74, 6) is -0.228. The highest BCUT2D eigenvalue weighted by Gasteiger charge is 2.07. The molecule has 2 aromatic rings. The van der Waals surface area contributed by atoms with E-state index in [2.05, 4.69) is 5.32 Å². The molecule has 0 aliphatic heterocycles. The Kier molecular flexibility index (Phi) is 4.81. The second kappa shape index (κ2) is 6.38. The molecule has 0 bridgehead atoms. The fourth-order valence-corrected chi connectivity index (χ4v) is 2.19. The first-order chi connectivity index (χ1) is 9.06. The lowest BCUT2D eigenvalue weighted by molar-refractivity contribution is 0.571. The Bertz CT molecular complexity index is 555. The molecule has 1 N–H and O–H groups in total. The highest BCUT2D eigenvalue weighted by Crippen LogP contribution is 2.21. The average molecular weight is 298 g/mol. The summed E-state index contributed by atoms with van der Waals surface area (Å²) in [5.41, 5.74) is 1.97. The molecule has 0 spiro atoms. The van der Waals surface area contributed by atoms with Crippen molar-refractivity contribution in [1.82, 2.24) is 5.32 Å². The van der Waals surface area contributed by atoms with Crippen molar-refractivity contribution in [2.45, 2.75) is 19.5 Å². The average Bonchev–Trinajstić information content (AvgIpc) is 2.40. The first-order valence-electron chi connectivity index (χ1n) is 5.99. The van der Waals surface area contributed by atoms with E-state index in [0.717, 1.165) is 11.1 Å². The summed E-state index contributed by atoms with van der Waals surface area (Å²) < 4.78 is 12.8. The summed E-state index contributed by atoms with van der Waals surface area (Å²) in [6, 6.07) is 11.9. The van der Waals surface area contributed by atoms with Gasteiger partial charge in [-0.2, -0.15) is 0 Å². The fourth-order valence-electron chi connectivity index (χ4n) is 1.81. The van der Waals surface area contributed by atoms with Crippen LogP contribution in [0.3, 0.4) is 0 Å². The molecule has 1 nitrogen and oxygen atoms in total. The van der Waals surface area contributed by atoms with Gasteiger partial charge in [0, 0.05) is 22.6 Å². The number of benzene rings is 2. The van der Waals surface area contributed by atoms with E-state index in [1.807, 2.05) is 13.0 Å². The number of nitrogens with one attached hydrogen (secondary N) is 1. The zero-order valence-electron chi connectivity index (χ0n) is 10.5. The van der Waals surface area contributed by atoms with Gasteiger partial charge in [0.15, 0.2) is 0 Å². The molecule has 0 saturated carbocycles. The number of hydrogen-bond donors (Lipinski definition) is 1.